The molecule has 1 atom stereocenters. The van der Waals surface area contributed by atoms with Gasteiger partial charge in [-0.2, -0.15) is 5.26 Å². The van der Waals surface area contributed by atoms with Crippen LogP contribution in [-0.2, 0) is 24.6 Å². The first kappa shape index (κ1) is 38.1. The zero-order valence-electron chi connectivity index (χ0n) is 28.2. The lowest BCUT2D eigenvalue weighted by atomic mass is 9.93. The van der Waals surface area contributed by atoms with Crippen LogP contribution in [0.15, 0.2) is 67.0 Å². The highest BCUT2D eigenvalue weighted by Gasteiger charge is 2.19. The Labute approximate surface area is 297 Å². The van der Waals surface area contributed by atoms with Gasteiger partial charge in [-0.05, 0) is 85.8 Å². The van der Waals surface area contributed by atoms with Crippen molar-refractivity contribution in [1.29, 1.82) is 5.26 Å². The molecule has 50 heavy (non-hydrogen) atoms. The summed E-state index contributed by atoms with van der Waals surface area (Å²) in [7, 11) is 0. The molecule has 264 valence electrons. The number of pyridine rings is 1. The molecule has 5 N–H and O–H groups in total. The largest absolute Gasteiger partial charge is 0.493 e. The molecule has 3 aromatic carbocycles. The fourth-order valence-electron chi connectivity index (χ4n) is 5.27. The van der Waals surface area contributed by atoms with Crippen molar-refractivity contribution < 1.29 is 34.3 Å². The van der Waals surface area contributed by atoms with Crippen molar-refractivity contribution >= 4 is 17.6 Å². The fraction of sp³-hybridized carbons (Fsp3) is 0.342. The predicted octanol–water partition coefficient (Wildman–Crippen LogP) is 5.32. The topological polar surface area (TPSA) is 166 Å². The van der Waals surface area contributed by atoms with Crippen LogP contribution in [0.1, 0.15) is 46.2 Å². The highest BCUT2D eigenvalue weighted by atomic mass is 35.5. The lowest BCUT2D eigenvalue weighted by Gasteiger charge is -2.19. The molecule has 1 unspecified atom stereocenters. The van der Waals surface area contributed by atoms with Gasteiger partial charge in [0, 0.05) is 42.7 Å². The molecule has 0 saturated heterocycles. The molecular formula is C38H43ClN4O7. The Hall–Kier alpha value is -4.70. The highest BCUT2D eigenvalue weighted by molar-refractivity contribution is 6.32. The summed E-state index contributed by atoms with van der Waals surface area (Å²) in [4.78, 5) is 15.5. The third-order valence-corrected chi connectivity index (χ3v) is 8.42. The molecule has 1 heterocycles. The number of hydrogen-bond donors (Lipinski definition) is 5. The van der Waals surface area contributed by atoms with Crippen LogP contribution < -0.4 is 24.8 Å². The molecule has 0 aliphatic carbocycles. The average molecular weight is 703 g/mol. The minimum absolute atomic E-state index is 0.0497. The number of halogens is 1. The standard InChI is InChI=1S/C38H43ClN4O7/c1-25-29(7-3-8-31(25)32-9-4-10-35(26(32)2)48-14-6-12-41-11-5-13-44)24-50-37-17-36(49-23-28-15-27(18-40)19-42-20-28)30(16-33(37)39)21-43-34(22-45)38(46)47/h3-4,7-10,15-17,19-20,34,41,43-45H,5-6,11-14,21-24H2,1-2H3,(H,46,47). The van der Waals surface area contributed by atoms with E-state index in [0.29, 0.717) is 39.8 Å². The molecule has 0 spiro atoms. The van der Waals surface area contributed by atoms with Crippen molar-refractivity contribution in [2.45, 2.75) is 52.5 Å². The molecule has 0 bridgehead atoms. The van der Waals surface area contributed by atoms with Crippen LogP contribution >= 0.6 is 11.6 Å². The summed E-state index contributed by atoms with van der Waals surface area (Å²) in [6.45, 7) is 6.23. The minimum Gasteiger partial charge on any atom is -0.493 e. The van der Waals surface area contributed by atoms with Crippen LogP contribution in [0, 0.1) is 25.2 Å². The summed E-state index contributed by atoms with van der Waals surface area (Å²) in [5.74, 6) is 0.400. The van der Waals surface area contributed by atoms with Crippen LogP contribution in [0.4, 0.5) is 0 Å². The van der Waals surface area contributed by atoms with E-state index < -0.39 is 18.6 Å². The molecule has 0 saturated carbocycles. The highest BCUT2D eigenvalue weighted by Crippen LogP contribution is 2.36. The van der Waals surface area contributed by atoms with E-state index in [9.17, 15) is 20.3 Å². The third kappa shape index (κ3) is 10.6. The van der Waals surface area contributed by atoms with Gasteiger partial charge in [0.15, 0.2) is 0 Å². The quantitative estimate of drug-likeness (QED) is 0.0756. The number of nitrogens with one attached hydrogen (secondary N) is 2. The van der Waals surface area contributed by atoms with Gasteiger partial charge >= 0.3 is 5.97 Å². The Balaban J connectivity index is 1.51. The molecule has 12 heteroatoms. The lowest BCUT2D eigenvalue weighted by Crippen LogP contribution is -2.39. The molecule has 4 aromatic rings. The molecule has 4 rings (SSSR count). The summed E-state index contributed by atoms with van der Waals surface area (Å²) in [6, 6.07) is 17.9. The molecule has 0 aliphatic rings. The molecule has 0 amide bonds. The van der Waals surface area contributed by atoms with E-state index in [-0.39, 0.29) is 26.4 Å². The maximum absolute atomic E-state index is 11.5. The van der Waals surface area contributed by atoms with Crippen molar-refractivity contribution in [2.24, 2.45) is 0 Å². The number of aliphatic hydroxyl groups is 2. The first-order chi connectivity index (χ1) is 24.2. The molecular weight excluding hydrogens is 660 g/mol. The van der Waals surface area contributed by atoms with Gasteiger partial charge in [-0.25, -0.2) is 0 Å². The van der Waals surface area contributed by atoms with E-state index >= 15 is 0 Å². The second-order valence-electron chi connectivity index (χ2n) is 11.7. The number of carboxylic acids is 1. The number of rotatable bonds is 20. The fourth-order valence-corrected chi connectivity index (χ4v) is 5.51. The van der Waals surface area contributed by atoms with E-state index in [1.165, 1.54) is 6.20 Å². The number of nitriles is 1. The number of aliphatic carboxylic acids is 1. The van der Waals surface area contributed by atoms with Crippen molar-refractivity contribution in [1.82, 2.24) is 15.6 Å². The molecule has 11 nitrogen and oxygen atoms in total. The van der Waals surface area contributed by atoms with Gasteiger partial charge in [-0.3, -0.25) is 15.1 Å². The normalized spacial score (nSPS) is 11.5. The summed E-state index contributed by atoms with van der Waals surface area (Å²) in [6.07, 6.45) is 4.64. The average Bonchev–Trinajstić information content (AvgIpc) is 3.11. The third-order valence-electron chi connectivity index (χ3n) is 8.12. The zero-order chi connectivity index (χ0) is 35.9. The number of nitrogens with zero attached hydrogens (tertiary/aromatic N) is 2. The Kier molecular flexibility index (Phi) is 14.8. The van der Waals surface area contributed by atoms with Crippen LogP contribution in [0.3, 0.4) is 0 Å². The lowest BCUT2D eigenvalue weighted by molar-refractivity contribution is -0.140. The Morgan fingerprint density at radius 2 is 1.64 bits per heavy atom. The first-order valence-corrected chi connectivity index (χ1v) is 16.7. The van der Waals surface area contributed by atoms with E-state index in [2.05, 4.69) is 40.7 Å². The van der Waals surface area contributed by atoms with Gasteiger partial charge < -0.3 is 34.8 Å². The van der Waals surface area contributed by atoms with Gasteiger partial charge in [0.05, 0.1) is 23.8 Å². The van der Waals surface area contributed by atoms with Gasteiger partial charge in [0.25, 0.3) is 0 Å². The minimum atomic E-state index is -1.19. The van der Waals surface area contributed by atoms with Gasteiger partial charge in [-0.15, -0.1) is 0 Å². The van der Waals surface area contributed by atoms with Crippen LogP contribution in [0.25, 0.3) is 11.1 Å². The number of aromatic nitrogens is 1. The van der Waals surface area contributed by atoms with E-state index in [4.69, 9.17) is 30.9 Å². The predicted molar refractivity (Wildman–Crippen MR) is 190 cm³/mol. The summed E-state index contributed by atoms with van der Waals surface area (Å²) >= 11 is 6.68. The van der Waals surface area contributed by atoms with Crippen molar-refractivity contribution in [3.05, 3.63) is 105 Å². The van der Waals surface area contributed by atoms with Crippen LogP contribution in [0.5, 0.6) is 17.2 Å². The number of hydrogen-bond acceptors (Lipinski definition) is 10. The zero-order valence-corrected chi connectivity index (χ0v) is 29.0. The molecule has 0 fully saturated rings. The summed E-state index contributed by atoms with van der Waals surface area (Å²) in [5.41, 5.74) is 6.78. The van der Waals surface area contributed by atoms with Gasteiger partial charge in [-0.1, -0.05) is 41.9 Å². The second-order valence-corrected chi connectivity index (χ2v) is 12.1. The maximum Gasteiger partial charge on any atom is 0.323 e. The number of carboxylic acid groups (broad SMARTS) is 1. The number of aliphatic hydroxyl groups excluding tert-OH is 2. The van der Waals surface area contributed by atoms with Gasteiger partial charge in [0.1, 0.15) is 42.6 Å². The smallest absolute Gasteiger partial charge is 0.323 e. The Morgan fingerprint density at radius 3 is 2.38 bits per heavy atom. The van der Waals surface area contributed by atoms with Crippen molar-refractivity contribution in [3.8, 4) is 34.4 Å². The van der Waals surface area contributed by atoms with Crippen LogP contribution in [0.2, 0.25) is 5.02 Å². The molecule has 0 aliphatic heterocycles. The number of benzene rings is 3. The summed E-state index contributed by atoms with van der Waals surface area (Å²) in [5, 5.41) is 43.4. The first-order valence-electron chi connectivity index (χ1n) is 16.4. The monoisotopic (exact) mass is 702 g/mol. The summed E-state index contributed by atoms with van der Waals surface area (Å²) < 4.78 is 18.5. The van der Waals surface area contributed by atoms with Crippen molar-refractivity contribution in [2.75, 3.05) is 32.9 Å². The Bertz CT molecular complexity index is 1780. The number of ether oxygens (including phenoxy) is 3. The van der Waals surface area contributed by atoms with Crippen LogP contribution in [-0.4, -0.2) is 65.2 Å². The maximum atomic E-state index is 11.5. The van der Waals surface area contributed by atoms with E-state index in [0.717, 1.165) is 59.5 Å². The van der Waals surface area contributed by atoms with Crippen molar-refractivity contribution in [3.63, 3.8) is 0 Å². The molecule has 0 radical (unpaired) electrons. The second kappa shape index (κ2) is 19.5. The van der Waals surface area contributed by atoms with E-state index in [1.807, 2.05) is 31.2 Å². The van der Waals surface area contributed by atoms with E-state index in [1.54, 1.807) is 24.4 Å². The number of carbonyl (C=O) groups is 1. The Morgan fingerprint density at radius 1 is 0.900 bits per heavy atom. The van der Waals surface area contributed by atoms with Gasteiger partial charge in [0.2, 0.25) is 0 Å². The molecule has 1 aromatic heterocycles. The SMILES string of the molecule is Cc1c(COc2cc(OCc3cncc(C#N)c3)c(CNC(CO)C(=O)O)cc2Cl)cccc1-c1cccc(OCCCNCCCO)c1C.